The zero-order valence-electron chi connectivity index (χ0n) is 14.2. The maximum Gasteiger partial charge on any atom is 0.254 e. The summed E-state index contributed by atoms with van der Waals surface area (Å²) in [6.07, 6.45) is 2.56. The van der Waals surface area contributed by atoms with Crippen molar-refractivity contribution in [3.05, 3.63) is 53.5 Å². The van der Waals surface area contributed by atoms with Crippen LogP contribution in [0.3, 0.4) is 0 Å². The Hall–Kier alpha value is -2.47. The number of hydrogen-bond donors (Lipinski definition) is 1. The summed E-state index contributed by atoms with van der Waals surface area (Å²) < 4.78 is 6.96. The molecule has 0 aliphatic heterocycles. The molecule has 0 amide bonds. The fraction of sp³-hybridized carbons (Fsp3) is 0.389. The first-order chi connectivity index (χ1) is 11.6. The van der Waals surface area contributed by atoms with Gasteiger partial charge in [0.05, 0.1) is 18.3 Å². The van der Waals surface area contributed by atoms with Crippen LogP contribution in [0.4, 0.5) is 5.82 Å². The van der Waals surface area contributed by atoms with Gasteiger partial charge in [-0.2, -0.15) is 14.6 Å². The maximum atomic E-state index is 5.22. The highest BCUT2D eigenvalue weighted by atomic mass is 16.5. The Morgan fingerprint density at radius 2 is 2.17 bits per heavy atom. The van der Waals surface area contributed by atoms with Crippen molar-refractivity contribution in [2.24, 2.45) is 0 Å². The summed E-state index contributed by atoms with van der Waals surface area (Å²) in [6.45, 7) is 5.04. The first-order valence-corrected chi connectivity index (χ1v) is 8.13. The summed E-state index contributed by atoms with van der Waals surface area (Å²) in [5, 5.41) is 7.94. The van der Waals surface area contributed by atoms with Crippen LogP contribution in [-0.2, 0) is 16.8 Å². The number of aromatic nitrogens is 4. The van der Waals surface area contributed by atoms with Gasteiger partial charge in [-0.3, -0.25) is 0 Å². The van der Waals surface area contributed by atoms with Crippen LogP contribution in [0.25, 0.3) is 5.78 Å². The van der Waals surface area contributed by atoms with Crippen LogP contribution in [0.15, 0.2) is 36.7 Å². The van der Waals surface area contributed by atoms with Crippen molar-refractivity contribution in [2.45, 2.75) is 38.3 Å². The molecule has 1 aromatic carbocycles. The molecule has 0 fully saturated rings. The van der Waals surface area contributed by atoms with Crippen molar-refractivity contribution < 1.29 is 4.74 Å². The Kier molecular flexibility index (Phi) is 3.49. The quantitative estimate of drug-likeness (QED) is 0.799. The van der Waals surface area contributed by atoms with Crippen molar-refractivity contribution in [2.75, 3.05) is 12.4 Å². The fourth-order valence-corrected chi connectivity index (χ4v) is 3.64. The van der Waals surface area contributed by atoms with Crippen molar-refractivity contribution in [3.8, 4) is 0 Å². The lowest BCUT2D eigenvalue weighted by molar-refractivity contribution is 0.181. The molecule has 2 aromatic heterocycles. The second-order valence-electron chi connectivity index (χ2n) is 6.91. The zero-order chi connectivity index (χ0) is 16.7. The highest BCUT2D eigenvalue weighted by Crippen LogP contribution is 2.45. The number of benzene rings is 1. The van der Waals surface area contributed by atoms with E-state index in [1.807, 2.05) is 6.07 Å². The minimum absolute atomic E-state index is 0.151. The predicted molar refractivity (Wildman–Crippen MR) is 91.9 cm³/mol. The molecular formula is C18H21N5O. The van der Waals surface area contributed by atoms with Gasteiger partial charge in [0.1, 0.15) is 12.1 Å². The molecule has 0 saturated heterocycles. The number of rotatable bonds is 4. The van der Waals surface area contributed by atoms with Crippen LogP contribution >= 0.6 is 0 Å². The molecule has 0 spiro atoms. The number of methoxy groups -OCH3 is 1. The van der Waals surface area contributed by atoms with Gasteiger partial charge < -0.3 is 10.1 Å². The van der Waals surface area contributed by atoms with Gasteiger partial charge in [-0.25, -0.2) is 4.98 Å². The first-order valence-electron chi connectivity index (χ1n) is 8.13. The molecule has 3 aromatic rings. The van der Waals surface area contributed by atoms with E-state index in [4.69, 9.17) is 4.74 Å². The number of ether oxygens (including phenoxy) is 1. The van der Waals surface area contributed by atoms with E-state index in [0.717, 1.165) is 17.9 Å². The summed E-state index contributed by atoms with van der Waals surface area (Å²) in [4.78, 5) is 8.67. The number of fused-ring (bicyclic) bond motifs is 2. The Balaban J connectivity index is 1.74. The summed E-state index contributed by atoms with van der Waals surface area (Å²) in [5.74, 6) is 1.47. The van der Waals surface area contributed by atoms with Crippen molar-refractivity contribution >= 4 is 11.6 Å². The monoisotopic (exact) mass is 323 g/mol. The van der Waals surface area contributed by atoms with E-state index in [1.165, 1.54) is 17.5 Å². The van der Waals surface area contributed by atoms with E-state index in [-0.39, 0.29) is 11.5 Å². The molecule has 1 atom stereocenters. The third kappa shape index (κ3) is 2.43. The second kappa shape index (κ2) is 5.56. The molecular weight excluding hydrogens is 302 g/mol. The van der Waals surface area contributed by atoms with E-state index >= 15 is 0 Å². The van der Waals surface area contributed by atoms with Crippen LogP contribution < -0.4 is 5.32 Å². The zero-order valence-corrected chi connectivity index (χ0v) is 14.2. The Labute approximate surface area is 140 Å². The van der Waals surface area contributed by atoms with Gasteiger partial charge in [-0.1, -0.05) is 38.1 Å². The van der Waals surface area contributed by atoms with E-state index in [9.17, 15) is 0 Å². The van der Waals surface area contributed by atoms with E-state index in [1.54, 1.807) is 11.6 Å². The van der Waals surface area contributed by atoms with E-state index in [0.29, 0.717) is 12.4 Å². The van der Waals surface area contributed by atoms with Crippen LogP contribution in [-0.4, -0.2) is 26.7 Å². The first kappa shape index (κ1) is 15.1. The van der Waals surface area contributed by atoms with Gasteiger partial charge in [-0.15, -0.1) is 0 Å². The van der Waals surface area contributed by atoms with Crippen LogP contribution in [0.5, 0.6) is 0 Å². The number of anilines is 1. The lowest BCUT2D eigenvalue weighted by atomic mass is 9.86. The fourth-order valence-electron chi connectivity index (χ4n) is 3.64. The molecule has 2 heterocycles. The van der Waals surface area contributed by atoms with Crippen LogP contribution in [0.2, 0.25) is 0 Å². The Morgan fingerprint density at radius 3 is 3.00 bits per heavy atom. The largest absolute Gasteiger partial charge is 0.378 e. The van der Waals surface area contributed by atoms with Gasteiger partial charge in [0.25, 0.3) is 5.78 Å². The average Bonchev–Trinajstić information content (AvgIpc) is 3.12. The predicted octanol–water partition coefficient (Wildman–Crippen LogP) is 3.11. The third-order valence-electron chi connectivity index (χ3n) is 4.70. The van der Waals surface area contributed by atoms with Crippen LogP contribution in [0.1, 0.15) is 43.1 Å². The normalized spacial score (nSPS) is 18.7. The Morgan fingerprint density at radius 1 is 1.33 bits per heavy atom. The highest BCUT2D eigenvalue weighted by Gasteiger charge is 2.36. The Bertz CT molecular complexity index is 886. The molecule has 1 aliphatic rings. The topological polar surface area (TPSA) is 64.3 Å². The third-order valence-corrected chi connectivity index (χ3v) is 4.70. The van der Waals surface area contributed by atoms with Crippen molar-refractivity contribution in [1.82, 2.24) is 19.6 Å². The molecule has 1 unspecified atom stereocenters. The van der Waals surface area contributed by atoms with Crippen LogP contribution in [0, 0.1) is 0 Å². The highest BCUT2D eigenvalue weighted by molar-refractivity contribution is 5.50. The minimum Gasteiger partial charge on any atom is -0.378 e. The van der Waals surface area contributed by atoms with Gasteiger partial charge in [0, 0.05) is 13.2 Å². The minimum atomic E-state index is 0.151. The molecule has 0 saturated carbocycles. The van der Waals surface area contributed by atoms with Crippen molar-refractivity contribution in [1.29, 1.82) is 0 Å². The van der Waals surface area contributed by atoms with Gasteiger partial charge in [0.15, 0.2) is 0 Å². The molecule has 1 N–H and O–H groups in total. The summed E-state index contributed by atoms with van der Waals surface area (Å²) in [7, 11) is 1.67. The molecule has 1 aliphatic carbocycles. The number of hydrogen-bond acceptors (Lipinski definition) is 5. The average molecular weight is 323 g/mol. The van der Waals surface area contributed by atoms with Crippen molar-refractivity contribution in [3.63, 3.8) is 0 Å². The SMILES string of the molecule is COCc1cc(NC2CC(C)(C)c3ccccc32)n2ncnc2n1. The molecule has 6 nitrogen and oxygen atoms in total. The molecule has 0 radical (unpaired) electrons. The molecule has 4 rings (SSSR count). The molecule has 124 valence electrons. The number of nitrogens with one attached hydrogen (secondary N) is 1. The maximum absolute atomic E-state index is 5.22. The van der Waals surface area contributed by atoms with Gasteiger partial charge >= 0.3 is 0 Å². The molecule has 24 heavy (non-hydrogen) atoms. The molecule has 0 bridgehead atoms. The standard InChI is InChI=1S/C18H21N5O/c1-18(2)9-15(13-6-4-5-7-14(13)18)22-16-8-12(10-24-3)21-17-19-11-20-23(16)17/h4-8,11,15,22H,9-10H2,1-3H3. The lowest BCUT2D eigenvalue weighted by Gasteiger charge is -2.20. The van der Waals surface area contributed by atoms with E-state index in [2.05, 4.69) is 58.5 Å². The smallest absolute Gasteiger partial charge is 0.254 e. The summed E-state index contributed by atoms with van der Waals surface area (Å²) in [6, 6.07) is 10.9. The summed E-state index contributed by atoms with van der Waals surface area (Å²) in [5.41, 5.74) is 3.74. The molecule has 6 heteroatoms. The second-order valence-corrected chi connectivity index (χ2v) is 6.91. The van der Waals surface area contributed by atoms with Gasteiger partial charge in [0.2, 0.25) is 0 Å². The number of nitrogens with zero attached hydrogens (tertiary/aromatic N) is 4. The summed E-state index contributed by atoms with van der Waals surface area (Å²) >= 11 is 0. The van der Waals surface area contributed by atoms with Gasteiger partial charge in [-0.05, 0) is 23.0 Å². The van der Waals surface area contributed by atoms with E-state index < -0.39 is 0 Å². The lowest BCUT2D eigenvalue weighted by Crippen LogP contribution is -2.16.